The van der Waals surface area contributed by atoms with Gasteiger partial charge in [0.05, 0.1) is 13.1 Å². The molecule has 0 aliphatic carbocycles. The predicted octanol–water partition coefficient (Wildman–Crippen LogP) is 2.94. The molecule has 1 aromatic heterocycles. The van der Waals surface area contributed by atoms with E-state index in [4.69, 9.17) is 11.6 Å². The highest BCUT2D eigenvalue weighted by Gasteiger charge is 2.17. The second kappa shape index (κ2) is 8.58. The van der Waals surface area contributed by atoms with Gasteiger partial charge in [0, 0.05) is 35.4 Å². The van der Waals surface area contributed by atoms with Gasteiger partial charge in [-0.15, -0.1) is 11.3 Å². The lowest BCUT2D eigenvalue weighted by Crippen LogP contribution is -2.36. The van der Waals surface area contributed by atoms with E-state index in [1.165, 1.54) is 0 Å². The van der Waals surface area contributed by atoms with Gasteiger partial charge in [0.2, 0.25) is 5.91 Å². The van der Waals surface area contributed by atoms with Gasteiger partial charge in [-0.2, -0.15) is 0 Å². The number of carbonyl (C=O) groups excluding carboxylic acids is 1. The Morgan fingerprint density at radius 1 is 1.17 bits per heavy atom. The molecule has 24 heavy (non-hydrogen) atoms. The number of aromatic nitrogens is 1. The average Bonchev–Trinajstić information content (AvgIpc) is 2.97. The molecule has 0 unspecified atom stereocenters. The molecule has 3 rings (SSSR count). The minimum atomic E-state index is 0.0192. The van der Waals surface area contributed by atoms with E-state index in [1.54, 1.807) is 23.5 Å². The summed E-state index contributed by atoms with van der Waals surface area (Å²) < 4.78 is 0. The van der Waals surface area contributed by atoms with Crippen LogP contribution in [0.25, 0.3) is 0 Å². The number of amides is 1. The Labute approximate surface area is 151 Å². The zero-order valence-electron chi connectivity index (χ0n) is 13.4. The molecule has 128 valence electrons. The van der Waals surface area contributed by atoms with Crippen LogP contribution in [0.15, 0.2) is 35.8 Å². The molecule has 1 fully saturated rings. The Hall–Kier alpha value is -1.47. The molecule has 1 amide bonds. The number of thiazole rings is 1. The number of halogens is 1. The van der Waals surface area contributed by atoms with Gasteiger partial charge in [-0.1, -0.05) is 11.6 Å². The number of hydrogen-bond acceptors (Lipinski definition) is 5. The highest BCUT2D eigenvalue weighted by molar-refractivity contribution is 7.09. The fourth-order valence-corrected chi connectivity index (χ4v) is 3.58. The average molecular weight is 365 g/mol. The van der Waals surface area contributed by atoms with Crippen molar-refractivity contribution in [3.63, 3.8) is 0 Å². The third kappa shape index (κ3) is 5.27. The molecular formula is C17H21ClN4OS. The molecule has 2 heterocycles. The lowest BCUT2D eigenvalue weighted by Gasteiger charge is -2.20. The van der Waals surface area contributed by atoms with Gasteiger partial charge in [0.25, 0.3) is 0 Å². The fraction of sp³-hybridized carbons (Fsp3) is 0.412. The van der Waals surface area contributed by atoms with E-state index >= 15 is 0 Å². The Kier molecular flexibility index (Phi) is 6.20. The molecule has 1 saturated heterocycles. The summed E-state index contributed by atoms with van der Waals surface area (Å²) in [7, 11) is 0. The van der Waals surface area contributed by atoms with Crippen molar-refractivity contribution >= 4 is 34.5 Å². The Bertz CT molecular complexity index is 647. The van der Waals surface area contributed by atoms with Crippen LogP contribution >= 0.6 is 22.9 Å². The van der Waals surface area contributed by atoms with E-state index in [1.807, 2.05) is 23.7 Å². The van der Waals surface area contributed by atoms with Crippen molar-refractivity contribution in [2.24, 2.45) is 0 Å². The number of benzene rings is 1. The lowest BCUT2D eigenvalue weighted by molar-refractivity contribution is -0.117. The van der Waals surface area contributed by atoms with E-state index < -0.39 is 0 Å². The van der Waals surface area contributed by atoms with Crippen molar-refractivity contribution in [1.29, 1.82) is 0 Å². The standard InChI is InChI=1S/C17H21ClN4OS/c18-14-2-4-15(5-3-14)20-16(23)12-21-7-1-8-22(10-9-21)13-17-19-6-11-24-17/h2-6,11H,1,7-10,12-13H2,(H,20,23). The van der Waals surface area contributed by atoms with Crippen LogP contribution in [-0.4, -0.2) is 53.4 Å². The van der Waals surface area contributed by atoms with Gasteiger partial charge in [-0.3, -0.25) is 14.6 Å². The SMILES string of the molecule is O=C(CN1CCCN(Cc2nccs2)CC1)Nc1ccc(Cl)cc1. The summed E-state index contributed by atoms with van der Waals surface area (Å²) in [6.45, 7) is 5.20. The highest BCUT2D eigenvalue weighted by Crippen LogP contribution is 2.14. The lowest BCUT2D eigenvalue weighted by atomic mass is 10.3. The first kappa shape index (κ1) is 17.4. The van der Waals surface area contributed by atoms with E-state index in [9.17, 15) is 4.79 Å². The first-order valence-corrected chi connectivity index (χ1v) is 9.33. The van der Waals surface area contributed by atoms with Crippen LogP contribution in [0.2, 0.25) is 5.02 Å². The minimum absolute atomic E-state index is 0.0192. The molecule has 0 spiro atoms. The van der Waals surface area contributed by atoms with Crippen molar-refractivity contribution in [2.75, 3.05) is 38.0 Å². The minimum Gasteiger partial charge on any atom is -0.325 e. The summed E-state index contributed by atoms with van der Waals surface area (Å²) in [4.78, 5) is 21.2. The van der Waals surface area contributed by atoms with Crippen molar-refractivity contribution in [3.8, 4) is 0 Å². The number of hydrogen-bond donors (Lipinski definition) is 1. The van der Waals surface area contributed by atoms with Gasteiger partial charge in [0.15, 0.2) is 0 Å². The second-order valence-corrected chi connectivity index (χ2v) is 7.30. The molecule has 5 nitrogen and oxygen atoms in total. The van der Waals surface area contributed by atoms with Crippen LogP contribution in [0.4, 0.5) is 5.69 Å². The third-order valence-electron chi connectivity index (χ3n) is 4.02. The normalized spacial score (nSPS) is 16.7. The molecule has 1 aliphatic rings. The molecule has 7 heteroatoms. The highest BCUT2D eigenvalue weighted by atomic mass is 35.5. The monoisotopic (exact) mass is 364 g/mol. The quantitative estimate of drug-likeness (QED) is 0.886. The first-order valence-electron chi connectivity index (χ1n) is 8.07. The number of nitrogens with one attached hydrogen (secondary N) is 1. The van der Waals surface area contributed by atoms with Gasteiger partial charge in [-0.05, 0) is 43.8 Å². The summed E-state index contributed by atoms with van der Waals surface area (Å²) in [5.74, 6) is 0.0192. The van der Waals surface area contributed by atoms with Crippen LogP contribution in [0.3, 0.4) is 0 Å². The van der Waals surface area contributed by atoms with E-state index in [2.05, 4.69) is 20.1 Å². The maximum absolute atomic E-state index is 12.2. The van der Waals surface area contributed by atoms with Gasteiger partial charge in [-0.25, -0.2) is 4.98 Å². The summed E-state index contributed by atoms with van der Waals surface area (Å²) in [6, 6.07) is 7.19. The molecule has 0 radical (unpaired) electrons. The zero-order valence-corrected chi connectivity index (χ0v) is 15.0. The maximum Gasteiger partial charge on any atom is 0.238 e. The fourth-order valence-electron chi connectivity index (χ4n) is 2.80. The van der Waals surface area contributed by atoms with Crippen molar-refractivity contribution < 1.29 is 4.79 Å². The molecule has 0 atom stereocenters. The molecular weight excluding hydrogens is 344 g/mol. The van der Waals surface area contributed by atoms with Gasteiger partial charge >= 0.3 is 0 Å². The topological polar surface area (TPSA) is 48.5 Å². The number of rotatable bonds is 5. The van der Waals surface area contributed by atoms with Crippen LogP contribution in [0.5, 0.6) is 0 Å². The third-order valence-corrected chi connectivity index (χ3v) is 5.04. The number of carbonyl (C=O) groups is 1. The van der Waals surface area contributed by atoms with Crippen molar-refractivity contribution in [1.82, 2.24) is 14.8 Å². The molecule has 0 bridgehead atoms. The van der Waals surface area contributed by atoms with E-state index in [0.29, 0.717) is 11.6 Å². The van der Waals surface area contributed by atoms with Crippen LogP contribution < -0.4 is 5.32 Å². The molecule has 1 N–H and O–H groups in total. The number of anilines is 1. The maximum atomic E-state index is 12.2. The van der Waals surface area contributed by atoms with Gasteiger partial charge < -0.3 is 5.32 Å². The largest absolute Gasteiger partial charge is 0.325 e. The summed E-state index contributed by atoms with van der Waals surface area (Å²) in [5.41, 5.74) is 0.782. The number of nitrogens with zero attached hydrogens (tertiary/aromatic N) is 3. The van der Waals surface area contributed by atoms with Crippen molar-refractivity contribution in [3.05, 3.63) is 45.9 Å². The zero-order chi connectivity index (χ0) is 16.8. The smallest absolute Gasteiger partial charge is 0.238 e. The molecule has 2 aromatic rings. The Morgan fingerprint density at radius 3 is 2.67 bits per heavy atom. The summed E-state index contributed by atoms with van der Waals surface area (Å²) >= 11 is 7.55. The molecule has 0 saturated carbocycles. The Morgan fingerprint density at radius 2 is 1.92 bits per heavy atom. The first-order chi connectivity index (χ1) is 11.7. The molecule has 1 aliphatic heterocycles. The predicted molar refractivity (Wildman–Crippen MR) is 98.5 cm³/mol. The summed E-state index contributed by atoms with van der Waals surface area (Å²) in [5, 5.41) is 6.76. The van der Waals surface area contributed by atoms with Gasteiger partial charge in [0.1, 0.15) is 5.01 Å². The van der Waals surface area contributed by atoms with Crippen molar-refractivity contribution in [2.45, 2.75) is 13.0 Å². The Balaban J connectivity index is 1.45. The second-order valence-electron chi connectivity index (χ2n) is 5.89. The van der Waals surface area contributed by atoms with Crippen LogP contribution in [0.1, 0.15) is 11.4 Å². The van der Waals surface area contributed by atoms with E-state index in [-0.39, 0.29) is 5.91 Å². The van der Waals surface area contributed by atoms with Crippen LogP contribution in [-0.2, 0) is 11.3 Å². The van der Waals surface area contributed by atoms with Crippen LogP contribution in [0, 0.1) is 0 Å². The summed E-state index contributed by atoms with van der Waals surface area (Å²) in [6.07, 6.45) is 2.92. The molecule has 1 aromatic carbocycles. The van der Waals surface area contributed by atoms with E-state index in [0.717, 1.165) is 49.8 Å².